The highest BCUT2D eigenvalue weighted by Gasteiger charge is 2.12. The van der Waals surface area contributed by atoms with Crippen LogP contribution in [0.4, 0.5) is 8.78 Å². The fraction of sp³-hybridized carbons (Fsp3) is 0.273. The molecule has 2 amide bonds. The molecule has 0 spiro atoms. The van der Waals surface area contributed by atoms with Crippen LogP contribution in [0.3, 0.4) is 0 Å². The average molecular weight is 258 g/mol. The first-order valence-electron chi connectivity index (χ1n) is 4.99. The molecular weight excluding hydrogens is 246 g/mol. The number of benzene rings is 1. The molecule has 7 heteroatoms. The second-order valence-corrected chi connectivity index (χ2v) is 3.39. The van der Waals surface area contributed by atoms with Crippen molar-refractivity contribution in [3.63, 3.8) is 0 Å². The van der Waals surface area contributed by atoms with E-state index in [4.69, 9.17) is 0 Å². The summed E-state index contributed by atoms with van der Waals surface area (Å²) in [4.78, 5) is 27.4. The van der Waals surface area contributed by atoms with Crippen LogP contribution in [0.5, 0.6) is 0 Å². The van der Waals surface area contributed by atoms with Crippen molar-refractivity contribution in [1.29, 1.82) is 0 Å². The summed E-state index contributed by atoms with van der Waals surface area (Å²) in [5, 5.41) is 3.20. The molecule has 0 unspecified atom stereocenters. The number of hydrogen-bond acceptors (Lipinski definition) is 3. The Bertz CT molecular complexity index is 466. The van der Waals surface area contributed by atoms with Crippen LogP contribution in [0.25, 0.3) is 0 Å². The second kappa shape index (κ2) is 6.06. The molecule has 18 heavy (non-hydrogen) atoms. The van der Waals surface area contributed by atoms with Crippen LogP contribution in [0, 0.1) is 11.6 Å². The van der Waals surface area contributed by atoms with Gasteiger partial charge in [-0.15, -0.1) is 0 Å². The standard InChI is InChI=1S/C11H12F2N2O3/c1-15(18-2)10(16)6-14-11(17)7-3-4-8(12)9(13)5-7/h3-5H,6H2,1-2H3,(H,14,17). The first-order chi connectivity index (χ1) is 8.45. The molecule has 1 N–H and O–H groups in total. The number of halogens is 2. The molecule has 0 aliphatic heterocycles. The van der Waals surface area contributed by atoms with Crippen molar-refractivity contribution < 1.29 is 23.2 Å². The van der Waals surface area contributed by atoms with Crippen LogP contribution in [0.2, 0.25) is 0 Å². The number of likely N-dealkylation sites (N-methyl/N-ethyl adjacent to an activating group) is 1. The van der Waals surface area contributed by atoms with Gasteiger partial charge in [0.1, 0.15) is 0 Å². The zero-order valence-electron chi connectivity index (χ0n) is 9.87. The monoisotopic (exact) mass is 258 g/mol. The van der Waals surface area contributed by atoms with Gasteiger partial charge in [0.2, 0.25) is 0 Å². The molecule has 0 aliphatic rings. The van der Waals surface area contributed by atoms with Crippen molar-refractivity contribution >= 4 is 11.8 Å². The number of hydroxylamine groups is 2. The summed E-state index contributed by atoms with van der Waals surface area (Å²) in [6.45, 7) is -0.303. The highest BCUT2D eigenvalue weighted by molar-refractivity contribution is 5.96. The van der Waals surface area contributed by atoms with E-state index in [2.05, 4.69) is 10.2 Å². The summed E-state index contributed by atoms with van der Waals surface area (Å²) in [5.74, 6) is -3.31. The topological polar surface area (TPSA) is 58.6 Å². The van der Waals surface area contributed by atoms with Crippen molar-refractivity contribution in [1.82, 2.24) is 10.4 Å². The van der Waals surface area contributed by atoms with E-state index in [1.54, 1.807) is 0 Å². The summed E-state index contributed by atoms with van der Waals surface area (Å²) < 4.78 is 25.5. The Morgan fingerprint density at radius 1 is 1.33 bits per heavy atom. The number of carbonyl (C=O) groups is 2. The van der Waals surface area contributed by atoms with E-state index in [9.17, 15) is 18.4 Å². The van der Waals surface area contributed by atoms with Crippen LogP contribution in [0.1, 0.15) is 10.4 Å². The minimum absolute atomic E-state index is 0.0678. The maximum atomic E-state index is 12.9. The molecule has 0 bridgehead atoms. The van der Waals surface area contributed by atoms with Crippen molar-refractivity contribution in [2.75, 3.05) is 20.7 Å². The molecule has 98 valence electrons. The Hall–Kier alpha value is -2.02. The van der Waals surface area contributed by atoms with E-state index in [-0.39, 0.29) is 12.1 Å². The molecule has 0 saturated carbocycles. The number of hydrogen-bond donors (Lipinski definition) is 1. The zero-order valence-corrected chi connectivity index (χ0v) is 9.87. The molecule has 0 aromatic heterocycles. The molecule has 0 saturated heterocycles. The van der Waals surface area contributed by atoms with Crippen LogP contribution in [0.15, 0.2) is 18.2 Å². The van der Waals surface area contributed by atoms with Gasteiger partial charge in [0.25, 0.3) is 11.8 Å². The summed E-state index contributed by atoms with van der Waals surface area (Å²) >= 11 is 0. The Morgan fingerprint density at radius 2 is 2.00 bits per heavy atom. The fourth-order valence-electron chi connectivity index (χ4n) is 1.11. The molecule has 0 radical (unpaired) electrons. The predicted molar refractivity (Wildman–Crippen MR) is 58.5 cm³/mol. The molecular formula is C11H12F2N2O3. The molecule has 5 nitrogen and oxygen atoms in total. The molecule has 1 rings (SSSR count). The molecule has 0 fully saturated rings. The highest BCUT2D eigenvalue weighted by Crippen LogP contribution is 2.08. The quantitative estimate of drug-likeness (QED) is 0.809. The second-order valence-electron chi connectivity index (χ2n) is 3.39. The van der Waals surface area contributed by atoms with Crippen LogP contribution >= 0.6 is 0 Å². The Morgan fingerprint density at radius 3 is 2.56 bits per heavy atom. The van der Waals surface area contributed by atoms with Gasteiger partial charge in [-0.1, -0.05) is 0 Å². The number of nitrogens with one attached hydrogen (secondary N) is 1. The summed E-state index contributed by atoms with van der Waals surface area (Å²) in [6, 6.07) is 2.72. The van der Waals surface area contributed by atoms with Crippen molar-refractivity contribution in [3.8, 4) is 0 Å². The maximum absolute atomic E-state index is 12.9. The first kappa shape index (κ1) is 14.0. The lowest BCUT2D eigenvalue weighted by Crippen LogP contribution is -2.37. The van der Waals surface area contributed by atoms with Crippen molar-refractivity contribution in [2.24, 2.45) is 0 Å². The van der Waals surface area contributed by atoms with E-state index in [1.807, 2.05) is 0 Å². The normalized spacial score (nSPS) is 10.0. The maximum Gasteiger partial charge on any atom is 0.265 e. The van der Waals surface area contributed by atoms with Gasteiger partial charge in [-0.2, -0.15) is 0 Å². The lowest BCUT2D eigenvalue weighted by molar-refractivity contribution is -0.167. The van der Waals surface area contributed by atoms with Gasteiger partial charge in [-0.3, -0.25) is 14.4 Å². The first-order valence-corrected chi connectivity index (χ1v) is 4.99. The molecule has 1 aromatic rings. The number of amides is 2. The third-order valence-corrected chi connectivity index (χ3v) is 2.21. The van der Waals surface area contributed by atoms with E-state index in [0.29, 0.717) is 0 Å². The average Bonchev–Trinajstić information content (AvgIpc) is 2.37. The van der Waals surface area contributed by atoms with Crippen molar-refractivity contribution in [3.05, 3.63) is 35.4 Å². The van der Waals surface area contributed by atoms with Gasteiger partial charge in [-0.25, -0.2) is 13.8 Å². The van der Waals surface area contributed by atoms with E-state index < -0.39 is 23.4 Å². The lowest BCUT2D eigenvalue weighted by Gasteiger charge is -2.13. The van der Waals surface area contributed by atoms with Gasteiger partial charge in [0, 0.05) is 12.6 Å². The zero-order chi connectivity index (χ0) is 13.7. The van der Waals surface area contributed by atoms with Crippen LogP contribution in [-0.2, 0) is 9.63 Å². The van der Waals surface area contributed by atoms with Crippen molar-refractivity contribution in [2.45, 2.75) is 0 Å². The Labute approximate surface area is 102 Å². The lowest BCUT2D eigenvalue weighted by atomic mass is 10.2. The molecule has 0 atom stereocenters. The third kappa shape index (κ3) is 3.49. The summed E-state index contributed by atoms with van der Waals surface area (Å²) in [5.41, 5.74) is -0.0678. The van der Waals surface area contributed by atoms with Gasteiger partial charge >= 0.3 is 0 Å². The van der Waals surface area contributed by atoms with E-state index in [0.717, 1.165) is 23.3 Å². The van der Waals surface area contributed by atoms with Crippen LogP contribution in [-0.4, -0.2) is 37.6 Å². The summed E-state index contributed by atoms with van der Waals surface area (Å²) in [7, 11) is 2.68. The SMILES string of the molecule is CON(C)C(=O)CNC(=O)c1ccc(F)c(F)c1. The third-order valence-electron chi connectivity index (χ3n) is 2.21. The minimum atomic E-state index is -1.12. The van der Waals surface area contributed by atoms with E-state index >= 15 is 0 Å². The minimum Gasteiger partial charge on any atom is -0.343 e. The number of rotatable bonds is 4. The van der Waals surface area contributed by atoms with E-state index in [1.165, 1.54) is 14.2 Å². The molecule has 1 aromatic carbocycles. The van der Waals surface area contributed by atoms with Crippen LogP contribution < -0.4 is 5.32 Å². The Kier molecular flexibility index (Phi) is 4.73. The predicted octanol–water partition coefficient (Wildman–Crippen LogP) is 0.714. The highest BCUT2D eigenvalue weighted by atomic mass is 19.2. The molecule has 0 heterocycles. The van der Waals surface area contributed by atoms with Gasteiger partial charge in [0.05, 0.1) is 13.7 Å². The van der Waals surface area contributed by atoms with Gasteiger partial charge in [0.15, 0.2) is 11.6 Å². The number of carbonyl (C=O) groups excluding carboxylic acids is 2. The van der Waals surface area contributed by atoms with Gasteiger partial charge < -0.3 is 5.32 Å². The largest absolute Gasteiger partial charge is 0.343 e. The summed E-state index contributed by atoms with van der Waals surface area (Å²) in [6.07, 6.45) is 0. The molecule has 0 aliphatic carbocycles. The van der Waals surface area contributed by atoms with Gasteiger partial charge in [-0.05, 0) is 18.2 Å². The Balaban J connectivity index is 2.60. The number of nitrogens with zero attached hydrogens (tertiary/aromatic N) is 1. The fourth-order valence-corrected chi connectivity index (χ4v) is 1.11. The smallest absolute Gasteiger partial charge is 0.265 e.